The summed E-state index contributed by atoms with van der Waals surface area (Å²) in [4.78, 5) is 15.5. The van der Waals surface area contributed by atoms with Crippen molar-refractivity contribution in [2.24, 2.45) is 0 Å². The number of hydrogen-bond acceptors (Lipinski definition) is 3. The SMILES string of the molecule is CCOC(=O)c1cc2c(nc1Cl)C=CC(F)(F)C2. The Kier molecular flexibility index (Phi) is 3.34. The molecule has 0 spiro atoms. The van der Waals surface area contributed by atoms with E-state index < -0.39 is 18.3 Å². The lowest BCUT2D eigenvalue weighted by Gasteiger charge is -2.19. The van der Waals surface area contributed by atoms with Crippen LogP contribution in [0.3, 0.4) is 0 Å². The summed E-state index contributed by atoms with van der Waals surface area (Å²) in [6, 6.07) is 1.32. The average Bonchev–Trinajstić information content (AvgIpc) is 2.28. The third-order valence-corrected chi connectivity index (χ3v) is 2.78. The second-order valence-corrected chi connectivity index (χ2v) is 4.22. The summed E-state index contributed by atoms with van der Waals surface area (Å²) in [5.41, 5.74) is 0.664. The number of allylic oxidation sites excluding steroid dienone is 1. The molecular weight excluding hydrogens is 264 g/mol. The zero-order valence-corrected chi connectivity index (χ0v) is 10.3. The molecule has 0 saturated carbocycles. The van der Waals surface area contributed by atoms with Crippen LogP contribution >= 0.6 is 11.6 Å². The number of pyridine rings is 1. The Labute approximate surface area is 107 Å². The van der Waals surface area contributed by atoms with Crippen molar-refractivity contribution in [1.82, 2.24) is 4.98 Å². The molecular formula is C12H10ClF2NO2. The summed E-state index contributed by atoms with van der Waals surface area (Å²) in [6.45, 7) is 1.83. The number of ether oxygens (including phenoxy) is 1. The Hall–Kier alpha value is -1.49. The predicted molar refractivity (Wildman–Crippen MR) is 62.9 cm³/mol. The van der Waals surface area contributed by atoms with E-state index in [9.17, 15) is 13.6 Å². The predicted octanol–water partition coefficient (Wildman–Crippen LogP) is 3.12. The molecule has 1 aromatic heterocycles. The standard InChI is InChI=1S/C12H10ClF2NO2/c1-2-18-11(17)8-5-7-6-12(14,15)4-3-9(7)16-10(8)13/h3-5H,2,6H2,1H3. The fourth-order valence-corrected chi connectivity index (χ4v) is 1.92. The fraction of sp³-hybridized carbons (Fsp3) is 0.333. The van der Waals surface area contributed by atoms with E-state index in [2.05, 4.69) is 4.98 Å². The number of esters is 1. The lowest BCUT2D eigenvalue weighted by molar-refractivity contribution is 0.0512. The first-order valence-corrected chi connectivity index (χ1v) is 5.74. The molecule has 6 heteroatoms. The van der Waals surface area contributed by atoms with E-state index >= 15 is 0 Å². The Morgan fingerprint density at radius 1 is 1.61 bits per heavy atom. The largest absolute Gasteiger partial charge is 0.462 e. The fourth-order valence-electron chi connectivity index (χ4n) is 1.70. The first kappa shape index (κ1) is 13.0. The van der Waals surface area contributed by atoms with E-state index in [-0.39, 0.29) is 22.9 Å². The lowest BCUT2D eigenvalue weighted by Crippen LogP contribution is -2.21. The number of rotatable bonds is 2. The van der Waals surface area contributed by atoms with Crippen LogP contribution in [0.15, 0.2) is 12.1 Å². The van der Waals surface area contributed by atoms with Gasteiger partial charge in [-0.05, 0) is 30.7 Å². The van der Waals surface area contributed by atoms with Crippen molar-refractivity contribution in [2.45, 2.75) is 19.3 Å². The normalized spacial score (nSPS) is 16.2. The summed E-state index contributed by atoms with van der Waals surface area (Å²) in [5, 5.41) is -0.0398. The summed E-state index contributed by atoms with van der Waals surface area (Å²) in [7, 11) is 0. The third kappa shape index (κ3) is 2.51. The number of nitrogens with zero attached hydrogens (tertiary/aromatic N) is 1. The minimum atomic E-state index is -2.92. The molecule has 0 fully saturated rings. The first-order chi connectivity index (χ1) is 8.43. The summed E-state index contributed by atoms with van der Waals surface area (Å²) >= 11 is 5.83. The smallest absolute Gasteiger partial charge is 0.341 e. The Bertz CT molecular complexity index is 529. The van der Waals surface area contributed by atoms with E-state index in [4.69, 9.17) is 16.3 Å². The van der Waals surface area contributed by atoms with E-state index in [1.807, 2.05) is 0 Å². The van der Waals surface area contributed by atoms with Gasteiger partial charge in [0.15, 0.2) is 0 Å². The molecule has 0 N–H and O–H groups in total. The van der Waals surface area contributed by atoms with Gasteiger partial charge >= 0.3 is 5.97 Å². The van der Waals surface area contributed by atoms with Crippen molar-refractivity contribution in [3.63, 3.8) is 0 Å². The molecule has 18 heavy (non-hydrogen) atoms. The maximum atomic E-state index is 13.2. The third-order valence-electron chi connectivity index (χ3n) is 2.49. The summed E-state index contributed by atoms with van der Waals surface area (Å²) < 4.78 is 31.2. The van der Waals surface area contributed by atoms with Crippen molar-refractivity contribution in [3.8, 4) is 0 Å². The molecule has 96 valence electrons. The molecule has 1 heterocycles. The van der Waals surface area contributed by atoms with Gasteiger partial charge in [-0.25, -0.2) is 18.6 Å². The number of halogens is 3. The van der Waals surface area contributed by atoms with Crippen LogP contribution in [0.2, 0.25) is 5.15 Å². The van der Waals surface area contributed by atoms with E-state index in [1.54, 1.807) is 6.92 Å². The number of alkyl halides is 2. The molecule has 1 aromatic rings. The van der Waals surface area contributed by atoms with Crippen molar-refractivity contribution in [2.75, 3.05) is 6.61 Å². The maximum Gasteiger partial charge on any atom is 0.341 e. The topological polar surface area (TPSA) is 39.2 Å². The van der Waals surface area contributed by atoms with Gasteiger partial charge in [-0.1, -0.05) is 11.6 Å². The van der Waals surface area contributed by atoms with Gasteiger partial charge in [0.1, 0.15) is 5.15 Å². The molecule has 0 aromatic carbocycles. The quantitative estimate of drug-likeness (QED) is 0.614. The average molecular weight is 274 g/mol. The van der Waals surface area contributed by atoms with Gasteiger partial charge in [-0.2, -0.15) is 0 Å². The minimum absolute atomic E-state index is 0.0170. The van der Waals surface area contributed by atoms with E-state index in [0.717, 1.165) is 6.08 Å². The van der Waals surface area contributed by atoms with Crippen LogP contribution in [-0.2, 0) is 11.2 Å². The zero-order valence-electron chi connectivity index (χ0n) is 9.54. The molecule has 0 amide bonds. The molecule has 0 radical (unpaired) electrons. The van der Waals surface area contributed by atoms with Crippen LogP contribution in [0, 0.1) is 0 Å². The van der Waals surface area contributed by atoms with Gasteiger partial charge in [0.05, 0.1) is 17.9 Å². The summed E-state index contributed by atoms with van der Waals surface area (Å²) in [5.74, 6) is -3.58. The molecule has 0 aliphatic heterocycles. The van der Waals surface area contributed by atoms with Crippen LogP contribution < -0.4 is 0 Å². The highest BCUT2D eigenvalue weighted by atomic mass is 35.5. The molecule has 2 rings (SSSR count). The highest BCUT2D eigenvalue weighted by molar-refractivity contribution is 6.32. The molecule has 1 aliphatic rings. The van der Waals surface area contributed by atoms with Gasteiger partial charge in [-0.15, -0.1) is 0 Å². The van der Waals surface area contributed by atoms with Gasteiger partial charge in [0, 0.05) is 6.42 Å². The number of aromatic nitrogens is 1. The number of fused-ring (bicyclic) bond motifs is 1. The summed E-state index contributed by atoms with van der Waals surface area (Å²) in [6.07, 6.45) is 1.50. The zero-order chi connectivity index (χ0) is 13.3. The number of hydrogen-bond donors (Lipinski definition) is 0. The van der Waals surface area contributed by atoms with Crippen molar-refractivity contribution >= 4 is 23.6 Å². The monoisotopic (exact) mass is 273 g/mol. The molecule has 0 unspecified atom stereocenters. The molecule has 0 saturated heterocycles. The Balaban J connectivity index is 2.42. The van der Waals surface area contributed by atoms with E-state index in [0.29, 0.717) is 5.69 Å². The van der Waals surface area contributed by atoms with Gasteiger partial charge < -0.3 is 4.74 Å². The van der Waals surface area contributed by atoms with Gasteiger partial charge in [0.25, 0.3) is 5.92 Å². The highest BCUT2D eigenvalue weighted by Crippen LogP contribution is 2.31. The molecule has 0 bridgehead atoms. The Morgan fingerprint density at radius 3 is 3.00 bits per heavy atom. The molecule has 0 atom stereocenters. The van der Waals surface area contributed by atoms with Crippen molar-refractivity contribution < 1.29 is 18.3 Å². The van der Waals surface area contributed by atoms with Crippen LogP contribution in [0.1, 0.15) is 28.5 Å². The second-order valence-electron chi connectivity index (χ2n) is 3.86. The van der Waals surface area contributed by atoms with Crippen molar-refractivity contribution in [3.05, 3.63) is 34.1 Å². The van der Waals surface area contributed by atoms with Gasteiger partial charge in [0.2, 0.25) is 0 Å². The lowest BCUT2D eigenvalue weighted by atomic mass is 9.98. The number of carbonyl (C=O) groups excluding carboxylic acids is 1. The number of carbonyl (C=O) groups is 1. The van der Waals surface area contributed by atoms with Crippen LogP contribution in [0.5, 0.6) is 0 Å². The van der Waals surface area contributed by atoms with Crippen molar-refractivity contribution in [1.29, 1.82) is 0 Å². The minimum Gasteiger partial charge on any atom is -0.462 e. The first-order valence-electron chi connectivity index (χ1n) is 5.36. The van der Waals surface area contributed by atoms with Crippen LogP contribution in [0.25, 0.3) is 6.08 Å². The molecule has 1 aliphatic carbocycles. The molecule has 3 nitrogen and oxygen atoms in total. The van der Waals surface area contributed by atoms with Gasteiger partial charge in [-0.3, -0.25) is 0 Å². The second kappa shape index (κ2) is 4.65. The Morgan fingerprint density at radius 2 is 2.33 bits per heavy atom. The highest BCUT2D eigenvalue weighted by Gasteiger charge is 2.31. The van der Waals surface area contributed by atoms with E-state index in [1.165, 1.54) is 12.1 Å². The van der Waals surface area contributed by atoms with Crippen LogP contribution in [-0.4, -0.2) is 23.5 Å². The maximum absolute atomic E-state index is 13.2. The van der Waals surface area contributed by atoms with Crippen LogP contribution in [0.4, 0.5) is 8.78 Å².